The van der Waals surface area contributed by atoms with E-state index in [-0.39, 0.29) is 12.1 Å². The molecular formula is C24H32N2O. The van der Waals surface area contributed by atoms with Crippen LogP contribution in [0.15, 0.2) is 60.7 Å². The molecule has 2 N–H and O–H groups in total. The fourth-order valence-corrected chi connectivity index (χ4v) is 4.26. The summed E-state index contributed by atoms with van der Waals surface area (Å²) in [5.74, 6) is 1.19. The lowest BCUT2D eigenvalue weighted by Gasteiger charge is -2.34. The van der Waals surface area contributed by atoms with Crippen LogP contribution in [0.5, 0.6) is 0 Å². The summed E-state index contributed by atoms with van der Waals surface area (Å²) in [5.41, 5.74) is 2.77. The third-order valence-corrected chi connectivity index (χ3v) is 5.57. The summed E-state index contributed by atoms with van der Waals surface area (Å²) in [6.07, 6.45) is 6.50. The smallest absolute Gasteiger partial charge is 0.315 e. The monoisotopic (exact) mass is 364 g/mol. The highest BCUT2D eigenvalue weighted by atomic mass is 16.2. The summed E-state index contributed by atoms with van der Waals surface area (Å²) in [7, 11) is 0. The van der Waals surface area contributed by atoms with E-state index in [0.29, 0.717) is 11.8 Å². The number of hydrogen-bond donors (Lipinski definition) is 2. The first kappa shape index (κ1) is 19.5. The van der Waals surface area contributed by atoms with Gasteiger partial charge in [0.2, 0.25) is 0 Å². The molecule has 0 heterocycles. The quantitative estimate of drug-likeness (QED) is 0.645. The minimum Gasteiger partial charge on any atom is -0.338 e. The van der Waals surface area contributed by atoms with Crippen LogP contribution in [-0.4, -0.2) is 18.6 Å². The molecule has 0 bridgehead atoms. The van der Waals surface area contributed by atoms with Crippen LogP contribution < -0.4 is 10.6 Å². The zero-order valence-corrected chi connectivity index (χ0v) is 16.4. The molecule has 0 aliphatic heterocycles. The first-order valence-corrected chi connectivity index (χ1v) is 10.3. The molecule has 2 amide bonds. The van der Waals surface area contributed by atoms with Gasteiger partial charge in [-0.05, 0) is 61.5 Å². The lowest BCUT2D eigenvalue weighted by molar-refractivity contribution is 0.222. The number of carbonyl (C=O) groups excluding carboxylic acids is 1. The summed E-state index contributed by atoms with van der Waals surface area (Å²) in [6.45, 7) is 3.04. The molecule has 1 fully saturated rings. The minimum atomic E-state index is -0.0133. The van der Waals surface area contributed by atoms with Crippen LogP contribution in [0.1, 0.15) is 56.1 Å². The molecule has 144 valence electrons. The van der Waals surface area contributed by atoms with Gasteiger partial charge in [-0.3, -0.25) is 0 Å². The average Bonchev–Trinajstić information content (AvgIpc) is 2.69. The van der Waals surface area contributed by atoms with Crippen LogP contribution in [0, 0.1) is 5.92 Å². The SMILES string of the molecule is CC1CC(NC(=O)NCCCCc2ccccc2)CC(c2ccccc2)C1. The number of hydrogen-bond acceptors (Lipinski definition) is 1. The maximum absolute atomic E-state index is 12.3. The van der Waals surface area contributed by atoms with Crippen molar-refractivity contribution in [1.29, 1.82) is 0 Å². The van der Waals surface area contributed by atoms with Gasteiger partial charge in [0, 0.05) is 12.6 Å². The van der Waals surface area contributed by atoms with Crippen molar-refractivity contribution in [2.75, 3.05) is 6.54 Å². The van der Waals surface area contributed by atoms with Crippen molar-refractivity contribution in [3.05, 3.63) is 71.8 Å². The van der Waals surface area contributed by atoms with Crippen molar-refractivity contribution < 1.29 is 4.79 Å². The first-order chi connectivity index (χ1) is 13.2. The Morgan fingerprint density at radius 1 is 0.926 bits per heavy atom. The molecule has 1 saturated carbocycles. The number of nitrogens with one attached hydrogen (secondary N) is 2. The molecule has 0 radical (unpaired) electrons. The fraction of sp³-hybridized carbons (Fsp3) is 0.458. The van der Waals surface area contributed by atoms with E-state index in [1.807, 2.05) is 6.07 Å². The van der Waals surface area contributed by atoms with Crippen LogP contribution >= 0.6 is 0 Å². The number of amides is 2. The van der Waals surface area contributed by atoms with Crippen LogP contribution in [-0.2, 0) is 6.42 Å². The standard InChI is InChI=1S/C24H32N2O/c1-19-16-22(21-13-6-3-7-14-21)18-23(17-19)26-24(27)25-15-9-8-12-20-10-4-2-5-11-20/h2-7,10-11,13-14,19,22-23H,8-9,12,15-18H2,1H3,(H2,25,26,27). The van der Waals surface area contributed by atoms with E-state index < -0.39 is 0 Å². The molecule has 3 unspecified atom stereocenters. The summed E-state index contributed by atoms with van der Waals surface area (Å²) in [6, 6.07) is 21.5. The number of rotatable bonds is 7. The molecule has 2 aromatic carbocycles. The van der Waals surface area contributed by atoms with Crippen LogP contribution in [0.2, 0.25) is 0 Å². The Bertz CT molecular complexity index is 686. The Labute approximate surface area is 163 Å². The van der Waals surface area contributed by atoms with Gasteiger partial charge in [-0.25, -0.2) is 4.79 Å². The summed E-state index contributed by atoms with van der Waals surface area (Å²) in [4.78, 5) is 12.3. The normalized spacial score (nSPS) is 22.2. The Kier molecular flexibility index (Phi) is 7.32. The molecule has 27 heavy (non-hydrogen) atoms. The lowest BCUT2D eigenvalue weighted by Crippen LogP contribution is -2.45. The van der Waals surface area contributed by atoms with Gasteiger partial charge in [-0.15, -0.1) is 0 Å². The summed E-state index contributed by atoms with van der Waals surface area (Å²) < 4.78 is 0. The van der Waals surface area contributed by atoms with Gasteiger partial charge >= 0.3 is 6.03 Å². The maximum Gasteiger partial charge on any atom is 0.315 e. The highest BCUT2D eigenvalue weighted by Gasteiger charge is 2.28. The zero-order valence-electron chi connectivity index (χ0n) is 16.4. The average molecular weight is 365 g/mol. The molecule has 3 heteroatoms. The van der Waals surface area contributed by atoms with Gasteiger partial charge in [0.25, 0.3) is 0 Å². The van der Waals surface area contributed by atoms with Crippen molar-refractivity contribution in [3.8, 4) is 0 Å². The van der Waals surface area contributed by atoms with E-state index in [0.717, 1.165) is 38.6 Å². The van der Waals surface area contributed by atoms with Crippen LogP contribution in [0.4, 0.5) is 4.79 Å². The zero-order chi connectivity index (χ0) is 18.9. The van der Waals surface area contributed by atoms with Crippen molar-refractivity contribution in [2.24, 2.45) is 5.92 Å². The largest absolute Gasteiger partial charge is 0.338 e. The molecule has 1 aliphatic rings. The van der Waals surface area contributed by atoms with E-state index in [1.54, 1.807) is 0 Å². The van der Waals surface area contributed by atoms with E-state index in [1.165, 1.54) is 17.5 Å². The van der Waals surface area contributed by atoms with E-state index in [9.17, 15) is 4.79 Å². The number of unbranched alkanes of at least 4 members (excludes halogenated alkanes) is 1. The molecular weight excluding hydrogens is 332 g/mol. The van der Waals surface area contributed by atoms with Crippen LogP contribution in [0.25, 0.3) is 0 Å². The molecule has 0 spiro atoms. The summed E-state index contributed by atoms with van der Waals surface area (Å²) in [5, 5.41) is 6.24. The lowest BCUT2D eigenvalue weighted by atomic mass is 9.76. The Balaban J connectivity index is 1.37. The molecule has 2 aromatic rings. The molecule has 3 rings (SSSR count). The predicted molar refractivity (Wildman–Crippen MR) is 112 cm³/mol. The van der Waals surface area contributed by atoms with Gasteiger partial charge in [-0.1, -0.05) is 67.6 Å². The molecule has 0 aromatic heterocycles. The molecule has 3 atom stereocenters. The Hall–Kier alpha value is -2.29. The molecule has 3 nitrogen and oxygen atoms in total. The second-order valence-electron chi connectivity index (χ2n) is 7.96. The van der Waals surface area contributed by atoms with Gasteiger partial charge < -0.3 is 10.6 Å². The number of urea groups is 1. The molecule has 1 aliphatic carbocycles. The molecule has 0 saturated heterocycles. The first-order valence-electron chi connectivity index (χ1n) is 10.3. The second-order valence-corrected chi connectivity index (χ2v) is 7.96. The minimum absolute atomic E-state index is 0.0133. The van der Waals surface area contributed by atoms with Gasteiger partial charge in [0.05, 0.1) is 0 Å². The topological polar surface area (TPSA) is 41.1 Å². The highest BCUT2D eigenvalue weighted by molar-refractivity contribution is 5.74. The second kappa shape index (κ2) is 10.1. The number of benzene rings is 2. The van der Waals surface area contributed by atoms with Gasteiger partial charge in [0.1, 0.15) is 0 Å². The van der Waals surface area contributed by atoms with Crippen molar-refractivity contribution in [3.63, 3.8) is 0 Å². The maximum atomic E-state index is 12.3. The predicted octanol–water partition coefficient (Wildman–Crippen LogP) is 5.28. The Morgan fingerprint density at radius 3 is 2.37 bits per heavy atom. The van der Waals surface area contributed by atoms with Gasteiger partial charge in [-0.2, -0.15) is 0 Å². The van der Waals surface area contributed by atoms with Crippen molar-refractivity contribution >= 4 is 6.03 Å². The summed E-state index contributed by atoms with van der Waals surface area (Å²) >= 11 is 0. The van der Waals surface area contributed by atoms with E-state index in [4.69, 9.17) is 0 Å². The Morgan fingerprint density at radius 2 is 1.63 bits per heavy atom. The third kappa shape index (κ3) is 6.42. The number of aryl methyl sites for hydroxylation is 1. The van der Waals surface area contributed by atoms with Crippen molar-refractivity contribution in [1.82, 2.24) is 10.6 Å². The van der Waals surface area contributed by atoms with Crippen molar-refractivity contribution in [2.45, 2.75) is 57.4 Å². The van der Waals surface area contributed by atoms with Gasteiger partial charge in [0.15, 0.2) is 0 Å². The van der Waals surface area contributed by atoms with E-state index in [2.05, 4.69) is 72.2 Å². The highest BCUT2D eigenvalue weighted by Crippen LogP contribution is 2.36. The number of carbonyl (C=O) groups is 1. The van der Waals surface area contributed by atoms with E-state index >= 15 is 0 Å². The van der Waals surface area contributed by atoms with Crippen LogP contribution in [0.3, 0.4) is 0 Å². The third-order valence-electron chi connectivity index (χ3n) is 5.57. The fourth-order valence-electron chi connectivity index (χ4n) is 4.26.